The van der Waals surface area contributed by atoms with Gasteiger partial charge in [-0.1, -0.05) is 19.9 Å². The predicted molar refractivity (Wildman–Crippen MR) is 92.3 cm³/mol. The number of carbonyl (C=O) groups is 1. The molecule has 23 heavy (non-hydrogen) atoms. The Hall–Kier alpha value is -1.97. The van der Waals surface area contributed by atoms with Crippen molar-refractivity contribution in [1.29, 1.82) is 0 Å². The van der Waals surface area contributed by atoms with Crippen LogP contribution in [0.3, 0.4) is 0 Å². The Labute approximate surface area is 139 Å². The van der Waals surface area contributed by atoms with Gasteiger partial charge in [0.25, 0.3) is 5.91 Å². The van der Waals surface area contributed by atoms with E-state index in [0.29, 0.717) is 35.4 Å². The molecule has 0 bridgehead atoms. The minimum absolute atomic E-state index is 0.0764. The topological polar surface area (TPSA) is 38.8 Å². The average molecular weight is 317 g/mol. The third-order valence-electron chi connectivity index (χ3n) is 3.98. The highest BCUT2D eigenvalue weighted by Gasteiger charge is 2.33. The second kappa shape index (κ2) is 7.53. The van der Waals surface area contributed by atoms with Crippen molar-refractivity contribution in [3.63, 3.8) is 0 Å². The Balaban J connectivity index is 2.38. The van der Waals surface area contributed by atoms with E-state index in [0.717, 1.165) is 24.9 Å². The Morgan fingerprint density at radius 1 is 1.35 bits per heavy atom. The molecule has 1 saturated carbocycles. The first-order chi connectivity index (χ1) is 11.0. The lowest BCUT2D eigenvalue weighted by atomic mass is 10.0. The van der Waals surface area contributed by atoms with Gasteiger partial charge in [-0.3, -0.25) is 4.79 Å². The predicted octanol–water partition coefficient (Wildman–Crippen LogP) is 3.69. The van der Waals surface area contributed by atoms with E-state index < -0.39 is 0 Å². The van der Waals surface area contributed by atoms with Crippen LogP contribution in [0.1, 0.15) is 42.6 Å². The maximum atomic E-state index is 13.0. The molecule has 1 aromatic rings. The highest BCUT2D eigenvalue weighted by atomic mass is 16.5. The second-order valence-corrected chi connectivity index (χ2v) is 6.45. The highest BCUT2D eigenvalue weighted by molar-refractivity contribution is 5.95. The number of carbonyl (C=O) groups excluding carboxylic acids is 1. The number of ether oxygens (including phenoxy) is 2. The summed E-state index contributed by atoms with van der Waals surface area (Å²) in [6.45, 7) is 8.85. The lowest BCUT2D eigenvalue weighted by Gasteiger charge is -2.25. The van der Waals surface area contributed by atoms with Crippen LogP contribution in [0, 0.1) is 5.92 Å². The number of methoxy groups -OCH3 is 2. The van der Waals surface area contributed by atoms with Gasteiger partial charge in [0.1, 0.15) is 0 Å². The Bertz CT molecular complexity index is 576. The van der Waals surface area contributed by atoms with Gasteiger partial charge in [0, 0.05) is 23.7 Å². The number of benzene rings is 1. The van der Waals surface area contributed by atoms with E-state index in [-0.39, 0.29) is 5.91 Å². The molecule has 0 N–H and O–H groups in total. The second-order valence-electron chi connectivity index (χ2n) is 6.45. The molecule has 1 aliphatic rings. The smallest absolute Gasteiger partial charge is 0.254 e. The minimum Gasteiger partial charge on any atom is -0.493 e. The van der Waals surface area contributed by atoms with Gasteiger partial charge in [-0.05, 0) is 37.3 Å². The highest BCUT2D eigenvalue weighted by Crippen LogP contribution is 2.35. The van der Waals surface area contributed by atoms with Crippen LogP contribution in [0.2, 0.25) is 0 Å². The Morgan fingerprint density at radius 3 is 2.52 bits per heavy atom. The monoisotopic (exact) mass is 317 g/mol. The van der Waals surface area contributed by atoms with E-state index in [4.69, 9.17) is 9.47 Å². The molecule has 0 saturated heterocycles. The van der Waals surface area contributed by atoms with Crippen LogP contribution in [0.5, 0.6) is 11.5 Å². The van der Waals surface area contributed by atoms with E-state index in [1.165, 1.54) is 0 Å². The summed E-state index contributed by atoms with van der Waals surface area (Å²) >= 11 is 0. The zero-order valence-corrected chi connectivity index (χ0v) is 14.6. The fraction of sp³-hybridized carbons (Fsp3) is 0.526. The first-order valence-corrected chi connectivity index (χ1v) is 8.18. The van der Waals surface area contributed by atoms with Crippen LogP contribution in [-0.4, -0.2) is 37.6 Å². The Morgan fingerprint density at radius 2 is 2.04 bits per heavy atom. The van der Waals surface area contributed by atoms with E-state index in [1.807, 2.05) is 11.0 Å². The molecular weight excluding hydrogens is 290 g/mol. The van der Waals surface area contributed by atoms with Crippen LogP contribution in [0.4, 0.5) is 0 Å². The summed E-state index contributed by atoms with van der Waals surface area (Å²) in [5, 5.41) is 0. The molecule has 0 radical (unpaired) electrons. The number of hydrogen-bond acceptors (Lipinski definition) is 3. The van der Waals surface area contributed by atoms with Crippen LogP contribution in [-0.2, 0) is 6.42 Å². The van der Waals surface area contributed by atoms with Gasteiger partial charge in [-0.25, -0.2) is 0 Å². The number of hydrogen-bond donors (Lipinski definition) is 0. The lowest BCUT2D eigenvalue weighted by molar-refractivity contribution is 0.0722. The first kappa shape index (κ1) is 17.4. The molecule has 4 heteroatoms. The van der Waals surface area contributed by atoms with Crippen molar-refractivity contribution >= 4 is 5.91 Å². The molecule has 2 rings (SSSR count). The molecule has 1 fully saturated rings. The summed E-state index contributed by atoms with van der Waals surface area (Å²) in [4.78, 5) is 15.0. The van der Waals surface area contributed by atoms with Crippen molar-refractivity contribution in [2.45, 2.75) is 39.2 Å². The van der Waals surface area contributed by atoms with Crippen molar-refractivity contribution in [1.82, 2.24) is 4.90 Å². The molecular formula is C19H27NO3. The standard InChI is InChI=1S/C19H27NO3/c1-6-7-14-10-15(11-17(22-4)18(14)23-5)19(21)20(12-13(2)3)16-8-9-16/h6,10-11,13,16H,1,7-9,12H2,2-5H3. The molecule has 0 spiro atoms. The molecule has 126 valence electrons. The van der Waals surface area contributed by atoms with E-state index in [2.05, 4.69) is 20.4 Å². The molecule has 4 nitrogen and oxygen atoms in total. The summed E-state index contributed by atoms with van der Waals surface area (Å²) in [6.07, 6.45) is 4.64. The number of allylic oxidation sites excluding steroid dienone is 1. The fourth-order valence-electron chi connectivity index (χ4n) is 2.82. The largest absolute Gasteiger partial charge is 0.493 e. The molecule has 0 atom stereocenters. The lowest BCUT2D eigenvalue weighted by Crippen LogP contribution is -2.36. The van der Waals surface area contributed by atoms with E-state index in [1.54, 1.807) is 26.4 Å². The third kappa shape index (κ3) is 4.06. The summed E-state index contributed by atoms with van der Waals surface area (Å²) in [5.74, 6) is 1.79. The molecule has 0 aliphatic heterocycles. The maximum absolute atomic E-state index is 13.0. The molecule has 0 unspecified atom stereocenters. The summed E-state index contributed by atoms with van der Waals surface area (Å²) in [7, 11) is 3.21. The molecule has 1 aliphatic carbocycles. The molecule has 1 amide bonds. The maximum Gasteiger partial charge on any atom is 0.254 e. The van der Waals surface area contributed by atoms with Crippen molar-refractivity contribution < 1.29 is 14.3 Å². The van der Waals surface area contributed by atoms with Crippen LogP contribution in [0.15, 0.2) is 24.8 Å². The molecule has 0 aromatic heterocycles. The summed E-state index contributed by atoms with van der Waals surface area (Å²) in [5.41, 5.74) is 1.58. The van der Waals surface area contributed by atoms with Gasteiger partial charge in [0.15, 0.2) is 11.5 Å². The molecule has 0 heterocycles. The third-order valence-corrected chi connectivity index (χ3v) is 3.98. The number of rotatable bonds is 8. The summed E-state index contributed by atoms with van der Waals surface area (Å²) in [6, 6.07) is 4.07. The quantitative estimate of drug-likeness (QED) is 0.686. The van der Waals surface area contributed by atoms with Crippen LogP contribution < -0.4 is 9.47 Å². The zero-order chi connectivity index (χ0) is 17.0. The molecule has 1 aromatic carbocycles. The van der Waals surface area contributed by atoms with Gasteiger partial charge < -0.3 is 14.4 Å². The van der Waals surface area contributed by atoms with Crippen molar-refractivity contribution in [3.05, 3.63) is 35.9 Å². The zero-order valence-electron chi connectivity index (χ0n) is 14.6. The van der Waals surface area contributed by atoms with Gasteiger partial charge in [-0.2, -0.15) is 0 Å². The van der Waals surface area contributed by atoms with E-state index in [9.17, 15) is 4.79 Å². The van der Waals surface area contributed by atoms with Crippen molar-refractivity contribution in [2.75, 3.05) is 20.8 Å². The van der Waals surface area contributed by atoms with Gasteiger partial charge >= 0.3 is 0 Å². The fourth-order valence-corrected chi connectivity index (χ4v) is 2.82. The van der Waals surface area contributed by atoms with Crippen LogP contribution in [0.25, 0.3) is 0 Å². The van der Waals surface area contributed by atoms with Crippen molar-refractivity contribution in [3.8, 4) is 11.5 Å². The Kier molecular flexibility index (Phi) is 5.69. The van der Waals surface area contributed by atoms with Crippen LogP contribution >= 0.6 is 0 Å². The summed E-state index contributed by atoms with van der Waals surface area (Å²) < 4.78 is 10.9. The number of amides is 1. The minimum atomic E-state index is 0.0764. The van der Waals surface area contributed by atoms with Crippen molar-refractivity contribution in [2.24, 2.45) is 5.92 Å². The SMILES string of the molecule is C=CCc1cc(C(=O)N(CC(C)C)C2CC2)cc(OC)c1OC. The van der Waals surface area contributed by atoms with Gasteiger partial charge in [-0.15, -0.1) is 6.58 Å². The van der Waals surface area contributed by atoms with Gasteiger partial charge in [0.2, 0.25) is 0 Å². The average Bonchev–Trinajstić information content (AvgIpc) is 3.36. The van der Waals surface area contributed by atoms with E-state index >= 15 is 0 Å². The normalized spacial score (nSPS) is 13.8. The number of nitrogens with zero attached hydrogens (tertiary/aromatic N) is 1. The first-order valence-electron chi connectivity index (χ1n) is 8.18. The van der Waals surface area contributed by atoms with Gasteiger partial charge in [0.05, 0.1) is 14.2 Å².